The highest BCUT2D eigenvalue weighted by atomic mass is 79.9. The standard InChI is InChI=1S/C19H18BrN3O2/c1-13-9-15(20)11-23-12-16(22-19(13)23)10-21-18(25)8-7-17(24)14-5-3-2-4-6-14/h2-6,9,11-12H,7-8,10H2,1H3,(H,21,25). The predicted octanol–water partition coefficient (Wildman–Crippen LogP) is 3.68. The maximum Gasteiger partial charge on any atom is 0.220 e. The van der Waals surface area contributed by atoms with Crippen LogP contribution in [0.15, 0.2) is 53.3 Å². The van der Waals surface area contributed by atoms with E-state index in [1.807, 2.05) is 48.0 Å². The quantitative estimate of drug-likeness (QED) is 0.642. The minimum Gasteiger partial charge on any atom is -0.350 e. The van der Waals surface area contributed by atoms with E-state index in [9.17, 15) is 9.59 Å². The molecule has 0 saturated carbocycles. The molecule has 25 heavy (non-hydrogen) atoms. The Kier molecular flexibility index (Phi) is 5.28. The molecule has 6 heteroatoms. The Balaban J connectivity index is 1.54. The Morgan fingerprint density at radius 1 is 1.16 bits per heavy atom. The van der Waals surface area contributed by atoms with Gasteiger partial charge >= 0.3 is 0 Å². The van der Waals surface area contributed by atoms with Crippen LogP contribution < -0.4 is 5.32 Å². The normalized spacial score (nSPS) is 10.8. The highest BCUT2D eigenvalue weighted by molar-refractivity contribution is 9.10. The van der Waals surface area contributed by atoms with Crippen LogP contribution in [0.3, 0.4) is 0 Å². The summed E-state index contributed by atoms with van der Waals surface area (Å²) in [6, 6.07) is 11.0. The number of carbonyl (C=O) groups excluding carboxylic acids is 2. The molecule has 0 aliphatic rings. The summed E-state index contributed by atoms with van der Waals surface area (Å²) in [7, 11) is 0. The molecule has 0 saturated heterocycles. The molecule has 1 N–H and O–H groups in total. The van der Waals surface area contributed by atoms with Crippen LogP contribution in [0.4, 0.5) is 0 Å². The first-order chi connectivity index (χ1) is 12.0. The monoisotopic (exact) mass is 399 g/mol. The molecule has 0 unspecified atom stereocenters. The van der Waals surface area contributed by atoms with Crippen molar-refractivity contribution >= 4 is 33.3 Å². The summed E-state index contributed by atoms with van der Waals surface area (Å²) >= 11 is 3.46. The molecule has 0 bridgehead atoms. The van der Waals surface area contributed by atoms with Crippen LogP contribution in [0.2, 0.25) is 0 Å². The van der Waals surface area contributed by atoms with E-state index in [4.69, 9.17) is 0 Å². The van der Waals surface area contributed by atoms with Gasteiger partial charge in [0.15, 0.2) is 5.78 Å². The number of Topliss-reactive ketones (excluding diaryl/α,β-unsaturated/α-hetero) is 1. The Morgan fingerprint density at radius 2 is 1.92 bits per heavy atom. The second kappa shape index (κ2) is 7.61. The first kappa shape index (κ1) is 17.4. The van der Waals surface area contributed by atoms with Gasteiger partial charge in [0.25, 0.3) is 0 Å². The Bertz CT molecular complexity index is 919. The molecule has 1 amide bonds. The summed E-state index contributed by atoms with van der Waals surface area (Å²) in [5.74, 6) is -0.178. The maximum atomic E-state index is 12.0. The number of ketones is 1. The van der Waals surface area contributed by atoms with Crippen molar-refractivity contribution in [3.63, 3.8) is 0 Å². The van der Waals surface area contributed by atoms with Gasteiger partial charge in [0.1, 0.15) is 5.65 Å². The lowest BCUT2D eigenvalue weighted by Crippen LogP contribution is -2.23. The molecule has 1 aromatic carbocycles. The molecule has 128 valence electrons. The number of amides is 1. The second-order valence-electron chi connectivity index (χ2n) is 5.87. The van der Waals surface area contributed by atoms with Crippen molar-refractivity contribution in [2.24, 2.45) is 0 Å². The molecule has 0 atom stereocenters. The molecule has 0 spiro atoms. The van der Waals surface area contributed by atoms with Crippen molar-refractivity contribution in [3.05, 3.63) is 70.1 Å². The topological polar surface area (TPSA) is 63.5 Å². The van der Waals surface area contributed by atoms with Gasteiger partial charge in [-0.3, -0.25) is 9.59 Å². The molecule has 0 radical (unpaired) electrons. The molecule has 2 heterocycles. The SMILES string of the molecule is Cc1cc(Br)cn2cc(CNC(=O)CCC(=O)c3ccccc3)nc12. The van der Waals surface area contributed by atoms with E-state index >= 15 is 0 Å². The minimum atomic E-state index is -0.153. The molecule has 3 rings (SSSR count). The molecular weight excluding hydrogens is 382 g/mol. The van der Waals surface area contributed by atoms with E-state index in [0.717, 1.165) is 21.4 Å². The van der Waals surface area contributed by atoms with Crippen molar-refractivity contribution in [1.29, 1.82) is 0 Å². The van der Waals surface area contributed by atoms with E-state index < -0.39 is 0 Å². The lowest BCUT2D eigenvalue weighted by atomic mass is 10.1. The number of nitrogens with one attached hydrogen (secondary N) is 1. The number of halogens is 1. The average Bonchev–Trinajstić information content (AvgIpc) is 3.02. The molecule has 0 aliphatic heterocycles. The number of aromatic nitrogens is 2. The van der Waals surface area contributed by atoms with Crippen molar-refractivity contribution in [2.75, 3.05) is 0 Å². The number of benzene rings is 1. The number of nitrogens with zero attached hydrogens (tertiary/aromatic N) is 2. The number of pyridine rings is 1. The van der Waals surface area contributed by atoms with Gasteiger partial charge in [0.2, 0.25) is 5.91 Å². The first-order valence-electron chi connectivity index (χ1n) is 8.01. The zero-order valence-corrected chi connectivity index (χ0v) is 15.4. The number of aryl methyl sites for hydroxylation is 1. The Morgan fingerprint density at radius 3 is 2.68 bits per heavy atom. The van der Waals surface area contributed by atoms with Crippen LogP contribution >= 0.6 is 15.9 Å². The lowest BCUT2D eigenvalue weighted by Gasteiger charge is -2.03. The molecular formula is C19H18BrN3O2. The highest BCUT2D eigenvalue weighted by Crippen LogP contribution is 2.17. The second-order valence-corrected chi connectivity index (χ2v) is 6.79. The van der Waals surface area contributed by atoms with Crippen molar-refractivity contribution < 1.29 is 9.59 Å². The van der Waals surface area contributed by atoms with Crippen LogP contribution in [0.25, 0.3) is 5.65 Å². The summed E-state index contributed by atoms with van der Waals surface area (Å²) in [6.07, 6.45) is 4.19. The summed E-state index contributed by atoms with van der Waals surface area (Å²) in [6.45, 7) is 2.34. The summed E-state index contributed by atoms with van der Waals surface area (Å²) in [5, 5.41) is 2.82. The van der Waals surface area contributed by atoms with Crippen LogP contribution in [-0.4, -0.2) is 21.1 Å². The van der Waals surface area contributed by atoms with Crippen molar-refractivity contribution in [2.45, 2.75) is 26.3 Å². The number of fused-ring (bicyclic) bond motifs is 1. The smallest absolute Gasteiger partial charge is 0.220 e. The number of rotatable bonds is 6. The zero-order valence-electron chi connectivity index (χ0n) is 13.8. The maximum absolute atomic E-state index is 12.0. The molecule has 3 aromatic rings. The number of hydrogen-bond donors (Lipinski definition) is 1. The minimum absolute atomic E-state index is 0.0241. The van der Waals surface area contributed by atoms with Gasteiger partial charge < -0.3 is 9.72 Å². The van der Waals surface area contributed by atoms with Crippen LogP contribution in [0.5, 0.6) is 0 Å². The molecule has 5 nitrogen and oxygen atoms in total. The van der Waals surface area contributed by atoms with Crippen LogP contribution in [0, 0.1) is 6.92 Å². The number of imidazole rings is 1. The third-order valence-corrected chi connectivity index (χ3v) is 4.33. The van der Waals surface area contributed by atoms with Gasteiger partial charge in [0.05, 0.1) is 12.2 Å². The van der Waals surface area contributed by atoms with Gasteiger partial charge in [-0.15, -0.1) is 0 Å². The average molecular weight is 400 g/mol. The van der Waals surface area contributed by atoms with Gasteiger partial charge in [-0.2, -0.15) is 0 Å². The molecule has 0 aliphatic carbocycles. The predicted molar refractivity (Wildman–Crippen MR) is 99.5 cm³/mol. The summed E-state index contributed by atoms with van der Waals surface area (Å²) in [4.78, 5) is 28.5. The van der Waals surface area contributed by atoms with E-state index in [-0.39, 0.29) is 24.5 Å². The van der Waals surface area contributed by atoms with Crippen molar-refractivity contribution in [1.82, 2.24) is 14.7 Å². The van der Waals surface area contributed by atoms with Gasteiger partial charge in [0, 0.05) is 35.3 Å². The number of carbonyl (C=O) groups is 2. The zero-order chi connectivity index (χ0) is 17.8. The van der Waals surface area contributed by atoms with E-state index in [1.165, 1.54) is 0 Å². The van der Waals surface area contributed by atoms with E-state index in [0.29, 0.717) is 12.1 Å². The largest absolute Gasteiger partial charge is 0.350 e. The first-order valence-corrected chi connectivity index (χ1v) is 8.81. The number of hydrogen-bond acceptors (Lipinski definition) is 3. The lowest BCUT2D eigenvalue weighted by molar-refractivity contribution is -0.121. The fourth-order valence-electron chi connectivity index (χ4n) is 2.63. The van der Waals surface area contributed by atoms with Gasteiger partial charge in [-0.25, -0.2) is 4.98 Å². The van der Waals surface area contributed by atoms with Crippen LogP contribution in [0.1, 0.15) is 34.5 Å². The molecule has 0 fully saturated rings. The fourth-order valence-corrected chi connectivity index (χ4v) is 3.20. The van der Waals surface area contributed by atoms with E-state index in [1.54, 1.807) is 12.1 Å². The Hall–Kier alpha value is -2.47. The van der Waals surface area contributed by atoms with E-state index in [2.05, 4.69) is 26.2 Å². The highest BCUT2D eigenvalue weighted by Gasteiger charge is 2.10. The molecule has 2 aromatic heterocycles. The van der Waals surface area contributed by atoms with Gasteiger partial charge in [-0.1, -0.05) is 30.3 Å². The summed E-state index contributed by atoms with van der Waals surface area (Å²) in [5.41, 5.74) is 3.34. The fraction of sp³-hybridized carbons (Fsp3) is 0.211. The van der Waals surface area contributed by atoms with Crippen molar-refractivity contribution in [3.8, 4) is 0 Å². The summed E-state index contributed by atoms with van der Waals surface area (Å²) < 4.78 is 2.91. The third kappa shape index (κ3) is 4.33. The van der Waals surface area contributed by atoms with Gasteiger partial charge in [-0.05, 0) is 34.5 Å². The Labute approximate surface area is 154 Å². The van der Waals surface area contributed by atoms with Crippen LogP contribution in [-0.2, 0) is 11.3 Å². The third-order valence-electron chi connectivity index (χ3n) is 3.89.